The number of hydrogen-bond donors (Lipinski definition) is 2. The van der Waals surface area contributed by atoms with Gasteiger partial charge in [-0.1, -0.05) is 18.2 Å². The molecule has 1 amide bonds. The van der Waals surface area contributed by atoms with Crippen LogP contribution in [0.1, 0.15) is 12.5 Å². The van der Waals surface area contributed by atoms with Gasteiger partial charge in [0.25, 0.3) is 0 Å². The summed E-state index contributed by atoms with van der Waals surface area (Å²) in [4.78, 5) is 22.1. The number of aliphatic carboxylic acids is 1. The van der Waals surface area contributed by atoms with Crippen molar-refractivity contribution in [3.8, 4) is 0 Å². The van der Waals surface area contributed by atoms with Gasteiger partial charge < -0.3 is 10.4 Å². The third-order valence-electron chi connectivity index (χ3n) is 2.69. The van der Waals surface area contributed by atoms with Crippen molar-refractivity contribution >= 4 is 18.0 Å². The summed E-state index contributed by atoms with van der Waals surface area (Å²) < 4.78 is 51.2. The topological polar surface area (TPSA) is 66.4 Å². The maximum Gasteiger partial charge on any atom is 0.422 e. The van der Waals surface area contributed by atoms with Gasteiger partial charge in [-0.2, -0.15) is 13.2 Å². The number of carbonyl (C=O) groups excluding carboxylic acids is 1. The van der Waals surface area contributed by atoms with E-state index in [1.54, 1.807) is 0 Å². The number of nitrogens with one attached hydrogen (secondary N) is 1. The molecule has 1 aromatic carbocycles. The molecule has 0 aliphatic heterocycles. The predicted octanol–water partition coefficient (Wildman–Crippen LogP) is 2.36. The molecule has 114 valence electrons. The number of carboxylic acids is 1. The van der Waals surface area contributed by atoms with Crippen molar-refractivity contribution in [3.05, 3.63) is 41.7 Å². The Balaban J connectivity index is 2.91. The van der Waals surface area contributed by atoms with E-state index in [2.05, 4.69) is 0 Å². The van der Waals surface area contributed by atoms with Crippen LogP contribution in [0.5, 0.6) is 0 Å². The van der Waals surface area contributed by atoms with Gasteiger partial charge in [-0.25, -0.2) is 9.18 Å². The molecule has 0 radical (unpaired) electrons. The first-order chi connectivity index (χ1) is 9.58. The summed E-state index contributed by atoms with van der Waals surface area (Å²) in [6.07, 6.45) is -3.60. The number of alkyl halides is 3. The number of benzene rings is 1. The van der Waals surface area contributed by atoms with E-state index in [1.165, 1.54) is 23.5 Å². The zero-order valence-corrected chi connectivity index (χ0v) is 10.7. The summed E-state index contributed by atoms with van der Waals surface area (Å²) in [5, 5.41) is 9.98. The van der Waals surface area contributed by atoms with Gasteiger partial charge in [0.05, 0.1) is 0 Å². The Kier molecular flexibility index (Phi) is 4.72. The van der Waals surface area contributed by atoms with Gasteiger partial charge in [-0.15, -0.1) is 0 Å². The van der Waals surface area contributed by atoms with Crippen LogP contribution >= 0.6 is 0 Å². The smallest absolute Gasteiger partial charge is 0.422 e. The molecule has 0 aromatic heterocycles. The Morgan fingerprint density at radius 2 is 1.81 bits per heavy atom. The van der Waals surface area contributed by atoms with Crippen LogP contribution in [0.25, 0.3) is 6.08 Å². The second-order valence-corrected chi connectivity index (χ2v) is 4.27. The molecule has 4 nitrogen and oxygen atoms in total. The second-order valence-electron chi connectivity index (χ2n) is 4.27. The number of halogens is 4. The molecule has 0 saturated heterocycles. The first-order valence-corrected chi connectivity index (χ1v) is 5.63. The van der Waals surface area contributed by atoms with Gasteiger partial charge in [-0.05, 0) is 19.1 Å². The Morgan fingerprint density at radius 3 is 2.29 bits per heavy atom. The van der Waals surface area contributed by atoms with Crippen molar-refractivity contribution < 1.29 is 32.3 Å². The van der Waals surface area contributed by atoms with E-state index in [1.807, 2.05) is 0 Å². The highest BCUT2D eigenvalue weighted by atomic mass is 19.4. The van der Waals surface area contributed by atoms with E-state index in [0.29, 0.717) is 13.0 Å². The molecule has 0 spiro atoms. The van der Waals surface area contributed by atoms with Crippen LogP contribution in [0.3, 0.4) is 0 Å². The summed E-state index contributed by atoms with van der Waals surface area (Å²) in [6.45, 7) is 0.324. The van der Waals surface area contributed by atoms with E-state index in [4.69, 9.17) is 5.11 Å². The van der Waals surface area contributed by atoms with E-state index in [0.717, 1.165) is 12.1 Å². The van der Waals surface area contributed by atoms with E-state index >= 15 is 0 Å². The molecule has 8 heteroatoms. The molecule has 1 aromatic rings. The molecule has 0 aliphatic carbocycles. The minimum atomic E-state index is -5.18. The lowest BCUT2D eigenvalue weighted by atomic mass is 10.0. The van der Waals surface area contributed by atoms with Crippen LogP contribution in [0.2, 0.25) is 0 Å². The zero-order valence-electron chi connectivity index (χ0n) is 10.7. The van der Waals surface area contributed by atoms with E-state index in [9.17, 15) is 27.2 Å². The SMILES string of the molecule is CC(NC(=O)C=Cc1ccccc1F)(C(=O)O)C(F)(F)F. The summed E-state index contributed by atoms with van der Waals surface area (Å²) in [6, 6.07) is 5.28. The third kappa shape index (κ3) is 3.80. The molecule has 0 bridgehead atoms. The molecule has 1 rings (SSSR count). The highest BCUT2D eigenvalue weighted by Gasteiger charge is 2.58. The summed E-state index contributed by atoms with van der Waals surface area (Å²) in [5.74, 6) is -4.22. The average Bonchev–Trinajstić information content (AvgIpc) is 2.36. The monoisotopic (exact) mass is 305 g/mol. The van der Waals surface area contributed by atoms with Gasteiger partial charge in [0, 0.05) is 11.6 Å². The maximum atomic E-state index is 13.2. The maximum absolute atomic E-state index is 13.2. The van der Waals surface area contributed by atoms with Crippen LogP contribution in [0, 0.1) is 5.82 Å². The summed E-state index contributed by atoms with van der Waals surface area (Å²) in [5.41, 5.74) is -3.44. The van der Waals surface area contributed by atoms with Crippen molar-refractivity contribution in [1.82, 2.24) is 5.32 Å². The van der Waals surface area contributed by atoms with Crippen molar-refractivity contribution in [1.29, 1.82) is 0 Å². The lowest BCUT2D eigenvalue weighted by Crippen LogP contribution is -2.61. The molecule has 0 saturated carbocycles. The largest absolute Gasteiger partial charge is 0.479 e. The highest BCUT2D eigenvalue weighted by molar-refractivity contribution is 5.96. The molecule has 21 heavy (non-hydrogen) atoms. The van der Waals surface area contributed by atoms with Gasteiger partial charge in [0.15, 0.2) is 0 Å². The number of carbonyl (C=O) groups is 2. The fourth-order valence-electron chi connectivity index (χ4n) is 1.31. The minimum Gasteiger partial charge on any atom is -0.479 e. The van der Waals surface area contributed by atoms with Gasteiger partial charge in [0.2, 0.25) is 11.4 Å². The Bertz CT molecular complexity index is 583. The predicted molar refractivity (Wildman–Crippen MR) is 65.7 cm³/mol. The van der Waals surface area contributed by atoms with Crippen LogP contribution in [-0.4, -0.2) is 28.7 Å². The molecular formula is C13H11F4NO3. The molecule has 0 aliphatic rings. The van der Waals surface area contributed by atoms with Crippen LogP contribution < -0.4 is 5.32 Å². The van der Waals surface area contributed by atoms with Crippen molar-refractivity contribution in [2.45, 2.75) is 18.6 Å². The van der Waals surface area contributed by atoms with Gasteiger partial charge in [0.1, 0.15) is 5.82 Å². The molecule has 2 N–H and O–H groups in total. The number of rotatable bonds is 4. The van der Waals surface area contributed by atoms with Gasteiger partial charge in [-0.3, -0.25) is 4.79 Å². The lowest BCUT2D eigenvalue weighted by Gasteiger charge is -2.27. The van der Waals surface area contributed by atoms with Crippen molar-refractivity contribution in [3.63, 3.8) is 0 Å². The molecule has 1 unspecified atom stereocenters. The molecule has 0 heterocycles. The zero-order chi connectivity index (χ0) is 16.3. The minimum absolute atomic E-state index is 0.0170. The standard InChI is InChI=1S/C13H11F4NO3/c1-12(11(20)21,13(15,16)17)18-10(19)7-6-8-4-2-3-5-9(8)14/h2-7H,1H3,(H,18,19)(H,20,21). The summed E-state index contributed by atoms with van der Waals surface area (Å²) in [7, 11) is 0. The fraction of sp³-hybridized carbons (Fsp3) is 0.231. The molecule has 1 atom stereocenters. The third-order valence-corrected chi connectivity index (χ3v) is 2.69. The van der Waals surface area contributed by atoms with E-state index in [-0.39, 0.29) is 5.56 Å². The first kappa shape index (κ1) is 16.7. The Morgan fingerprint density at radius 1 is 1.24 bits per heavy atom. The van der Waals surface area contributed by atoms with Crippen LogP contribution in [0.4, 0.5) is 17.6 Å². The molecule has 0 fully saturated rings. The van der Waals surface area contributed by atoms with Crippen molar-refractivity contribution in [2.75, 3.05) is 0 Å². The van der Waals surface area contributed by atoms with Crippen molar-refractivity contribution in [2.24, 2.45) is 0 Å². The van der Waals surface area contributed by atoms with Crippen LogP contribution in [0.15, 0.2) is 30.3 Å². The molecular weight excluding hydrogens is 294 g/mol. The number of hydrogen-bond acceptors (Lipinski definition) is 2. The van der Waals surface area contributed by atoms with Gasteiger partial charge >= 0.3 is 12.1 Å². The Labute approximate surface area is 117 Å². The highest BCUT2D eigenvalue weighted by Crippen LogP contribution is 2.30. The lowest BCUT2D eigenvalue weighted by molar-refractivity contribution is -0.206. The first-order valence-electron chi connectivity index (χ1n) is 5.63. The van der Waals surface area contributed by atoms with Crippen LogP contribution in [-0.2, 0) is 9.59 Å². The second kappa shape index (κ2) is 5.94. The quantitative estimate of drug-likeness (QED) is 0.663. The number of carboxylic acid groups (broad SMARTS) is 1. The summed E-state index contributed by atoms with van der Waals surface area (Å²) >= 11 is 0. The van der Waals surface area contributed by atoms with E-state index < -0.39 is 29.4 Å². The fourth-order valence-corrected chi connectivity index (χ4v) is 1.31. The normalized spacial score (nSPS) is 14.7. The Hall–Kier alpha value is -2.38. The number of amides is 1. The average molecular weight is 305 g/mol.